The van der Waals surface area contributed by atoms with E-state index in [4.69, 9.17) is 10.5 Å². The summed E-state index contributed by atoms with van der Waals surface area (Å²) in [6, 6.07) is 5.24. The van der Waals surface area contributed by atoms with E-state index in [1.807, 2.05) is 4.57 Å². The first kappa shape index (κ1) is 21.4. The standard InChI is InChI=1S/C18H23BrN4O3S/c1-11(2)9-23-17(7-6-16(20)25)21-22-18(23)27-10-14(24)12-4-5-15(26-3)13(19)8-12/h4-5,8,11H,6-7,9-10H2,1-3H3,(H2,20,25). The summed E-state index contributed by atoms with van der Waals surface area (Å²) in [5.74, 6) is 1.62. The van der Waals surface area contributed by atoms with Crippen LogP contribution in [0, 0.1) is 5.92 Å². The van der Waals surface area contributed by atoms with Crippen LogP contribution in [-0.2, 0) is 17.8 Å². The Kier molecular flexibility index (Phi) is 7.85. The lowest BCUT2D eigenvalue weighted by Gasteiger charge is -2.12. The molecule has 1 aromatic heterocycles. The fraction of sp³-hybridized carbons (Fsp3) is 0.444. The number of amides is 1. The summed E-state index contributed by atoms with van der Waals surface area (Å²) in [5, 5.41) is 9.05. The van der Waals surface area contributed by atoms with Crippen LogP contribution in [0.4, 0.5) is 0 Å². The molecule has 0 aliphatic carbocycles. The van der Waals surface area contributed by atoms with Crippen molar-refractivity contribution < 1.29 is 14.3 Å². The Hall–Kier alpha value is -1.87. The second-order valence-electron chi connectivity index (χ2n) is 6.43. The number of hydrogen-bond donors (Lipinski definition) is 1. The summed E-state index contributed by atoms with van der Waals surface area (Å²) < 4.78 is 7.89. The van der Waals surface area contributed by atoms with E-state index >= 15 is 0 Å². The Labute approximate surface area is 171 Å². The lowest BCUT2D eigenvalue weighted by molar-refractivity contribution is -0.118. The van der Waals surface area contributed by atoms with Crippen molar-refractivity contribution in [2.45, 2.75) is 38.4 Å². The fourth-order valence-electron chi connectivity index (χ4n) is 2.45. The second kappa shape index (κ2) is 9.89. The zero-order chi connectivity index (χ0) is 20.0. The van der Waals surface area contributed by atoms with Crippen molar-refractivity contribution in [1.29, 1.82) is 0 Å². The van der Waals surface area contributed by atoms with E-state index in [9.17, 15) is 9.59 Å². The van der Waals surface area contributed by atoms with Crippen LogP contribution in [0.1, 0.15) is 36.5 Å². The van der Waals surface area contributed by atoms with Gasteiger partial charge in [-0.1, -0.05) is 25.6 Å². The molecule has 0 radical (unpaired) electrons. The Morgan fingerprint density at radius 2 is 2.07 bits per heavy atom. The van der Waals surface area contributed by atoms with Gasteiger partial charge in [0.15, 0.2) is 10.9 Å². The minimum Gasteiger partial charge on any atom is -0.496 e. The number of ketones is 1. The molecule has 0 aliphatic rings. The van der Waals surface area contributed by atoms with Gasteiger partial charge in [0.2, 0.25) is 5.91 Å². The molecule has 0 fully saturated rings. The molecule has 7 nitrogen and oxygen atoms in total. The lowest BCUT2D eigenvalue weighted by atomic mass is 10.1. The smallest absolute Gasteiger partial charge is 0.217 e. The molecule has 0 atom stereocenters. The van der Waals surface area contributed by atoms with Gasteiger partial charge in [0.25, 0.3) is 0 Å². The average Bonchev–Trinajstić information content (AvgIpc) is 2.98. The number of Topliss-reactive ketones (excluding diaryl/α,β-unsaturated/α-hetero) is 1. The molecule has 1 aromatic carbocycles. The largest absolute Gasteiger partial charge is 0.496 e. The fourth-order valence-corrected chi connectivity index (χ4v) is 3.85. The first-order valence-electron chi connectivity index (χ1n) is 8.51. The Bertz CT molecular complexity index is 823. The highest BCUT2D eigenvalue weighted by atomic mass is 79.9. The van der Waals surface area contributed by atoms with E-state index < -0.39 is 0 Å². The SMILES string of the molecule is COc1ccc(C(=O)CSc2nnc(CCC(N)=O)n2CC(C)C)cc1Br. The first-order chi connectivity index (χ1) is 12.8. The first-order valence-corrected chi connectivity index (χ1v) is 10.3. The van der Waals surface area contributed by atoms with Gasteiger partial charge in [0.1, 0.15) is 11.6 Å². The van der Waals surface area contributed by atoms with E-state index in [1.165, 1.54) is 11.8 Å². The number of aryl methyl sites for hydroxylation is 1. The van der Waals surface area contributed by atoms with Crippen LogP contribution in [0.3, 0.4) is 0 Å². The van der Waals surface area contributed by atoms with Gasteiger partial charge in [-0.15, -0.1) is 10.2 Å². The normalized spacial score (nSPS) is 11.0. The molecule has 2 rings (SSSR count). The number of hydrogen-bond acceptors (Lipinski definition) is 6. The van der Waals surface area contributed by atoms with Crippen LogP contribution in [0.25, 0.3) is 0 Å². The van der Waals surface area contributed by atoms with E-state index in [0.29, 0.717) is 41.2 Å². The zero-order valence-electron chi connectivity index (χ0n) is 15.6. The van der Waals surface area contributed by atoms with Crippen LogP contribution >= 0.6 is 27.7 Å². The van der Waals surface area contributed by atoms with Gasteiger partial charge in [-0.05, 0) is 40.0 Å². The van der Waals surface area contributed by atoms with Crippen LogP contribution < -0.4 is 10.5 Å². The molecular formula is C18H23BrN4O3S. The van der Waals surface area contributed by atoms with Crippen LogP contribution in [0.15, 0.2) is 27.8 Å². The summed E-state index contributed by atoms with van der Waals surface area (Å²) in [6.07, 6.45) is 0.661. The molecule has 146 valence electrons. The average molecular weight is 455 g/mol. The summed E-state index contributed by atoms with van der Waals surface area (Å²) in [6.45, 7) is 4.89. The van der Waals surface area contributed by atoms with E-state index in [0.717, 1.165) is 4.47 Å². The van der Waals surface area contributed by atoms with E-state index in [2.05, 4.69) is 40.0 Å². The molecule has 0 saturated carbocycles. The number of carbonyl (C=O) groups excluding carboxylic acids is 2. The van der Waals surface area contributed by atoms with Crippen LogP contribution in [0.2, 0.25) is 0 Å². The van der Waals surface area contributed by atoms with Crippen molar-refractivity contribution in [2.75, 3.05) is 12.9 Å². The van der Waals surface area contributed by atoms with Crippen molar-refractivity contribution in [3.63, 3.8) is 0 Å². The third kappa shape index (κ3) is 6.07. The molecule has 2 N–H and O–H groups in total. The number of primary amides is 1. The van der Waals surface area contributed by atoms with E-state index in [1.54, 1.807) is 25.3 Å². The van der Waals surface area contributed by atoms with Gasteiger partial charge in [0, 0.05) is 24.9 Å². The topological polar surface area (TPSA) is 100 Å². The second-order valence-corrected chi connectivity index (χ2v) is 8.23. The summed E-state index contributed by atoms with van der Waals surface area (Å²) in [5.41, 5.74) is 5.83. The predicted octanol–water partition coefficient (Wildman–Crippen LogP) is 3.10. The maximum absolute atomic E-state index is 12.5. The number of carbonyl (C=O) groups is 2. The minimum absolute atomic E-state index is 0.0128. The number of aromatic nitrogens is 3. The molecule has 1 heterocycles. The third-order valence-corrected chi connectivity index (χ3v) is 5.33. The number of nitrogens with two attached hydrogens (primary N) is 1. The molecule has 27 heavy (non-hydrogen) atoms. The highest BCUT2D eigenvalue weighted by Gasteiger charge is 2.17. The molecular weight excluding hydrogens is 432 g/mol. The highest BCUT2D eigenvalue weighted by molar-refractivity contribution is 9.10. The molecule has 9 heteroatoms. The van der Waals surface area contributed by atoms with Crippen LogP contribution in [0.5, 0.6) is 5.75 Å². The molecule has 0 saturated heterocycles. The minimum atomic E-state index is -0.372. The lowest BCUT2D eigenvalue weighted by Crippen LogP contribution is -2.15. The number of ether oxygens (including phenoxy) is 1. The third-order valence-electron chi connectivity index (χ3n) is 3.74. The van der Waals surface area contributed by atoms with Gasteiger partial charge in [-0.25, -0.2) is 0 Å². The number of rotatable bonds is 10. The number of benzene rings is 1. The molecule has 0 aliphatic heterocycles. The van der Waals surface area contributed by atoms with Gasteiger partial charge in [-0.3, -0.25) is 9.59 Å². The summed E-state index contributed by atoms with van der Waals surface area (Å²) in [7, 11) is 1.58. The summed E-state index contributed by atoms with van der Waals surface area (Å²) >= 11 is 4.73. The van der Waals surface area contributed by atoms with Crippen molar-refractivity contribution in [2.24, 2.45) is 11.7 Å². The van der Waals surface area contributed by atoms with Gasteiger partial charge >= 0.3 is 0 Å². The monoisotopic (exact) mass is 454 g/mol. The Balaban J connectivity index is 2.10. The number of thioether (sulfide) groups is 1. The molecule has 0 unspecified atom stereocenters. The molecule has 0 bridgehead atoms. The Morgan fingerprint density at radius 3 is 2.67 bits per heavy atom. The van der Waals surface area contributed by atoms with Crippen molar-refractivity contribution in [1.82, 2.24) is 14.8 Å². The predicted molar refractivity (Wildman–Crippen MR) is 108 cm³/mol. The van der Waals surface area contributed by atoms with Crippen LogP contribution in [-0.4, -0.2) is 39.3 Å². The maximum Gasteiger partial charge on any atom is 0.217 e. The van der Waals surface area contributed by atoms with Gasteiger partial charge < -0.3 is 15.0 Å². The highest BCUT2D eigenvalue weighted by Crippen LogP contribution is 2.27. The molecule has 0 spiro atoms. The van der Waals surface area contributed by atoms with E-state index in [-0.39, 0.29) is 23.9 Å². The zero-order valence-corrected chi connectivity index (χ0v) is 18.0. The number of methoxy groups -OCH3 is 1. The van der Waals surface area contributed by atoms with Gasteiger partial charge in [0.05, 0.1) is 17.3 Å². The quantitative estimate of drug-likeness (QED) is 0.437. The number of halogens is 1. The number of nitrogens with zero attached hydrogens (tertiary/aromatic N) is 3. The summed E-state index contributed by atoms with van der Waals surface area (Å²) in [4.78, 5) is 23.6. The van der Waals surface area contributed by atoms with Crippen molar-refractivity contribution in [3.8, 4) is 5.75 Å². The Morgan fingerprint density at radius 1 is 1.33 bits per heavy atom. The molecule has 1 amide bonds. The van der Waals surface area contributed by atoms with Crippen molar-refractivity contribution >= 4 is 39.4 Å². The maximum atomic E-state index is 12.5. The van der Waals surface area contributed by atoms with Gasteiger partial charge in [-0.2, -0.15) is 0 Å². The molecule has 2 aromatic rings. The van der Waals surface area contributed by atoms with Crippen molar-refractivity contribution in [3.05, 3.63) is 34.1 Å².